The molecular formula is C8H15N3O. The zero-order valence-corrected chi connectivity index (χ0v) is 7.55. The summed E-state index contributed by atoms with van der Waals surface area (Å²) in [6.07, 6.45) is 2.04. The Bertz CT molecular complexity index is 192. The third-order valence-corrected chi connectivity index (χ3v) is 1.82. The van der Waals surface area contributed by atoms with Crippen molar-refractivity contribution >= 4 is 11.7 Å². The van der Waals surface area contributed by atoms with Crippen molar-refractivity contribution in [1.29, 1.82) is 0 Å². The fourth-order valence-corrected chi connectivity index (χ4v) is 1.17. The molecule has 4 heteroatoms. The fourth-order valence-electron chi connectivity index (χ4n) is 1.17. The summed E-state index contributed by atoms with van der Waals surface area (Å²) in [5.74, 6) is 0.736. The smallest absolute Gasteiger partial charge is 0.335 e. The highest BCUT2D eigenvalue weighted by atomic mass is 16.2. The Labute approximate surface area is 72.4 Å². The van der Waals surface area contributed by atoms with Gasteiger partial charge in [0.1, 0.15) is 0 Å². The van der Waals surface area contributed by atoms with E-state index in [4.69, 9.17) is 0 Å². The predicted octanol–water partition coefficient (Wildman–Crippen LogP) is 1.09. The second-order valence-corrected chi connectivity index (χ2v) is 3.16. The molecule has 68 valence electrons. The van der Waals surface area contributed by atoms with E-state index in [0.717, 1.165) is 24.5 Å². The van der Waals surface area contributed by atoms with Gasteiger partial charge in [-0.2, -0.15) is 5.10 Å². The molecule has 2 N–H and O–H groups in total. The number of nitrogens with zero attached hydrogens (tertiary/aromatic N) is 1. The van der Waals surface area contributed by atoms with Crippen molar-refractivity contribution in [1.82, 2.24) is 10.7 Å². The van der Waals surface area contributed by atoms with Crippen LogP contribution in [-0.4, -0.2) is 18.3 Å². The first-order valence-electron chi connectivity index (χ1n) is 4.31. The molecule has 12 heavy (non-hydrogen) atoms. The highest BCUT2D eigenvalue weighted by Crippen LogP contribution is 2.22. The molecule has 0 radical (unpaired) electrons. The molecule has 0 saturated heterocycles. The van der Waals surface area contributed by atoms with Crippen LogP contribution >= 0.6 is 0 Å². The van der Waals surface area contributed by atoms with Crippen molar-refractivity contribution in [3.05, 3.63) is 0 Å². The molecule has 1 aliphatic carbocycles. The normalized spacial score (nSPS) is 21.2. The van der Waals surface area contributed by atoms with Gasteiger partial charge in [0.2, 0.25) is 0 Å². The zero-order chi connectivity index (χ0) is 8.97. The van der Waals surface area contributed by atoms with Gasteiger partial charge in [-0.1, -0.05) is 6.92 Å². The van der Waals surface area contributed by atoms with Crippen molar-refractivity contribution < 1.29 is 4.79 Å². The van der Waals surface area contributed by atoms with E-state index in [-0.39, 0.29) is 6.03 Å². The minimum atomic E-state index is -0.218. The van der Waals surface area contributed by atoms with Crippen LogP contribution in [0.15, 0.2) is 5.10 Å². The molecule has 0 spiro atoms. The molecule has 0 atom stereocenters. The van der Waals surface area contributed by atoms with Crippen molar-refractivity contribution in [2.24, 2.45) is 11.0 Å². The molecule has 0 unspecified atom stereocenters. The van der Waals surface area contributed by atoms with Crippen LogP contribution in [-0.2, 0) is 0 Å². The molecule has 2 amide bonds. The lowest BCUT2D eigenvalue weighted by atomic mass is 9.85. The monoisotopic (exact) mass is 169 g/mol. The van der Waals surface area contributed by atoms with E-state index in [1.165, 1.54) is 0 Å². The van der Waals surface area contributed by atoms with Crippen LogP contribution < -0.4 is 10.7 Å². The predicted molar refractivity (Wildman–Crippen MR) is 48.0 cm³/mol. The maximum atomic E-state index is 10.8. The highest BCUT2D eigenvalue weighted by Gasteiger charge is 2.19. The molecular weight excluding hydrogens is 154 g/mol. The maximum Gasteiger partial charge on any atom is 0.335 e. The maximum absolute atomic E-state index is 10.8. The van der Waals surface area contributed by atoms with E-state index >= 15 is 0 Å². The lowest BCUT2D eigenvalue weighted by Crippen LogP contribution is -2.34. The fraction of sp³-hybridized carbons (Fsp3) is 0.750. The van der Waals surface area contributed by atoms with Crippen LogP contribution in [0.1, 0.15) is 26.7 Å². The second kappa shape index (κ2) is 4.09. The van der Waals surface area contributed by atoms with Crippen molar-refractivity contribution in [3.8, 4) is 0 Å². The largest absolute Gasteiger partial charge is 0.337 e. The summed E-state index contributed by atoms with van der Waals surface area (Å²) in [5.41, 5.74) is 3.54. The van der Waals surface area contributed by atoms with Gasteiger partial charge in [-0.05, 0) is 25.7 Å². The number of carbonyl (C=O) groups is 1. The minimum Gasteiger partial charge on any atom is -0.337 e. The first kappa shape index (κ1) is 9.03. The molecule has 0 bridgehead atoms. The average Bonchev–Trinajstić information content (AvgIpc) is 1.96. The van der Waals surface area contributed by atoms with Gasteiger partial charge in [-0.15, -0.1) is 0 Å². The Morgan fingerprint density at radius 3 is 2.83 bits per heavy atom. The number of hydrazone groups is 1. The Balaban J connectivity index is 2.16. The van der Waals surface area contributed by atoms with Crippen LogP contribution in [0.3, 0.4) is 0 Å². The van der Waals surface area contributed by atoms with Crippen molar-refractivity contribution in [2.45, 2.75) is 26.7 Å². The van der Waals surface area contributed by atoms with E-state index in [9.17, 15) is 4.79 Å². The zero-order valence-electron chi connectivity index (χ0n) is 7.55. The number of urea groups is 1. The summed E-state index contributed by atoms with van der Waals surface area (Å²) in [4.78, 5) is 10.8. The average molecular weight is 169 g/mol. The third kappa shape index (κ3) is 2.53. The van der Waals surface area contributed by atoms with E-state index in [1.54, 1.807) is 0 Å². The van der Waals surface area contributed by atoms with Gasteiger partial charge < -0.3 is 5.32 Å². The second-order valence-electron chi connectivity index (χ2n) is 3.16. The van der Waals surface area contributed by atoms with Gasteiger partial charge in [0.05, 0.1) is 0 Å². The third-order valence-electron chi connectivity index (χ3n) is 1.82. The van der Waals surface area contributed by atoms with Crippen LogP contribution in [0.4, 0.5) is 4.79 Å². The Morgan fingerprint density at radius 1 is 1.67 bits per heavy atom. The first-order chi connectivity index (χ1) is 5.72. The first-order valence-corrected chi connectivity index (χ1v) is 4.31. The Morgan fingerprint density at radius 2 is 2.33 bits per heavy atom. The molecule has 1 aliphatic rings. The lowest BCUT2D eigenvalue weighted by molar-refractivity contribution is 0.241. The van der Waals surface area contributed by atoms with Gasteiger partial charge in [0, 0.05) is 12.3 Å². The van der Waals surface area contributed by atoms with Crippen molar-refractivity contribution in [2.75, 3.05) is 6.54 Å². The molecule has 4 nitrogen and oxygen atoms in total. The van der Waals surface area contributed by atoms with Crippen molar-refractivity contribution in [3.63, 3.8) is 0 Å². The van der Waals surface area contributed by atoms with E-state index < -0.39 is 0 Å². The number of hydrogen-bond acceptors (Lipinski definition) is 2. The van der Waals surface area contributed by atoms with Gasteiger partial charge in [-0.25, -0.2) is 10.2 Å². The molecule has 1 fully saturated rings. The molecule has 1 saturated carbocycles. The number of rotatable bonds is 2. The van der Waals surface area contributed by atoms with Gasteiger partial charge >= 0.3 is 6.03 Å². The van der Waals surface area contributed by atoms with Crippen LogP contribution in [0.5, 0.6) is 0 Å². The number of hydrogen-bond donors (Lipinski definition) is 2. The van der Waals surface area contributed by atoms with Crippen LogP contribution in [0.25, 0.3) is 0 Å². The summed E-state index contributed by atoms with van der Waals surface area (Å²) in [6.45, 7) is 4.68. The van der Waals surface area contributed by atoms with E-state index in [0.29, 0.717) is 6.54 Å². The number of carbonyl (C=O) groups excluding carboxylic acids is 1. The topological polar surface area (TPSA) is 53.5 Å². The molecule has 0 aromatic carbocycles. The molecule has 0 aromatic heterocycles. The Hall–Kier alpha value is -1.06. The lowest BCUT2D eigenvalue weighted by Gasteiger charge is -2.23. The summed E-state index contributed by atoms with van der Waals surface area (Å²) in [7, 11) is 0. The Kier molecular flexibility index (Phi) is 3.08. The van der Waals surface area contributed by atoms with E-state index in [1.807, 2.05) is 6.92 Å². The molecule has 0 aliphatic heterocycles. The SMILES string of the molecule is CCNC(=O)NN=C1CC(C)C1. The quantitative estimate of drug-likeness (QED) is 0.597. The summed E-state index contributed by atoms with van der Waals surface area (Å²) in [6, 6.07) is -0.218. The molecule has 0 aromatic rings. The van der Waals surface area contributed by atoms with Gasteiger partial charge in [0.25, 0.3) is 0 Å². The summed E-state index contributed by atoms with van der Waals surface area (Å²) < 4.78 is 0. The molecule has 1 rings (SSSR count). The van der Waals surface area contributed by atoms with Gasteiger partial charge in [0.15, 0.2) is 0 Å². The van der Waals surface area contributed by atoms with Crippen LogP contribution in [0, 0.1) is 5.92 Å². The van der Waals surface area contributed by atoms with Gasteiger partial charge in [-0.3, -0.25) is 0 Å². The summed E-state index contributed by atoms with van der Waals surface area (Å²) >= 11 is 0. The molecule has 0 heterocycles. The highest BCUT2D eigenvalue weighted by molar-refractivity contribution is 5.90. The van der Waals surface area contributed by atoms with Crippen LogP contribution in [0.2, 0.25) is 0 Å². The number of amides is 2. The standard InChI is InChI=1S/C8H15N3O/c1-3-9-8(12)11-10-7-4-6(2)5-7/h6H,3-5H2,1-2H3,(H2,9,11,12). The summed E-state index contributed by atoms with van der Waals surface area (Å²) in [5, 5.41) is 6.56. The van der Waals surface area contributed by atoms with E-state index in [2.05, 4.69) is 22.8 Å². The minimum absolute atomic E-state index is 0.218. The number of nitrogens with one attached hydrogen (secondary N) is 2.